The number of rotatable bonds is 40. The molecule has 4 N–H and O–H groups in total. The van der Waals surface area contributed by atoms with Crippen molar-refractivity contribution in [3.8, 4) is 0 Å². The Bertz CT molecular complexity index is 739. The van der Waals surface area contributed by atoms with Gasteiger partial charge in [-0.15, -0.1) is 0 Å². The number of hydrogen-bond donors (Lipinski definition) is 4. The lowest BCUT2D eigenvalue weighted by molar-refractivity contribution is -0.125. The number of aliphatic hydroxyl groups is 3. The second-order valence-corrected chi connectivity index (χ2v) is 15.3. The van der Waals surface area contributed by atoms with Crippen LogP contribution < -0.4 is 5.32 Å². The second kappa shape index (κ2) is 40.6. The average molecular weight is 706 g/mol. The van der Waals surface area contributed by atoms with E-state index < -0.39 is 18.2 Å². The number of carbonyl (C=O) groups excluding carboxylic acids is 1. The highest BCUT2D eigenvalue weighted by Gasteiger charge is 2.21. The Morgan fingerprint density at radius 2 is 0.920 bits per heavy atom. The van der Waals surface area contributed by atoms with Crippen molar-refractivity contribution in [2.45, 2.75) is 250 Å². The van der Waals surface area contributed by atoms with Gasteiger partial charge in [0.05, 0.1) is 31.3 Å². The average Bonchev–Trinajstić information content (AvgIpc) is 3.11. The highest BCUT2D eigenvalue weighted by molar-refractivity contribution is 5.76. The van der Waals surface area contributed by atoms with E-state index in [0.717, 1.165) is 38.5 Å². The van der Waals surface area contributed by atoms with Crippen molar-refractivity contribution < 1.29 is 20.1 Å². The lowest BCUT2D eigenvalue weighted by atomic mass is 10.0. The van der Waals surface area contributed by atoms with Crippen LogP contribution in [0.2, 0.25) is 0 Å². The first-order valence-corrected chi connectivity index (χ1v) is 22.1. The maximum atomic E-state index is 12.5. The van der Waals surface area contributed by atoms with Crippen molar-refractivity contribution in [2.24, 2.45) is 0 Å². The fourth-order valence-corrected chi connectivity index (χ4v) is 6.91. The molecular formula is C45H87NO4. The van der Waals surface area contributed by atoms with Crippen molar-refractivity contribution >= 4 is 5.91 Å². The van der Waals surface area contributed by atoms with Crippen LogP contribution in [0.1, 0.15) is 232 Å². The van der Waals surface area contributed by atoms with E-state index in [1.54, 1.807) is 0 Å². The lowest BCUT2D eigenvalue weighted by Gasteiger charge is -2.23. The van der Waals surface area contributed by atoms with E-state index in [-0.39, 0.29) is 18.9 Å². The molecule has 0 aromatic heterocycles. The van der Waals surface area contributed by atoms with Crippen LogP contribution in [0.3, 0.4) is 0 Å². The lowest BCUT2D eigenvalue weighted by Crippen LogP contribution is -2.46. The predicted octanol–water partition coefficient (Wildman–Crippen LogP) is 12.6. The van der Waals surface area contributed by atoms with Crippen LogP contribution in [-0.2, 0) is 4.79 Å². The molecule has 0 radical (unpaired) electrons. The van der Waals surface area contributed by atoms with Crippen molar-refractivity contribution in [2.75, 3.05) is 6.61 Å². The van der Waals surface area contributed by atoms with E-state index in [4.69, 9.17) is 0 Å². The van der Waals surface area contributed by atoms with Gasteiger partial charge in [-0.3, -0.25) is 4.79 Å². The minimum absolute atomic E-state index is 0.0373. The van der Waals surface area contributed by atoms with Gasteiger partial charge in [0.1, 0.15) is 0 Å². The molecule has 296 valence electrons. The third kappa shape index (κ3) is 36.6. The van der Waals surface area contributed by atoms with Crippen molar-refractivity contribution in [1.82, 2.24) is 5.32 Å². The Morgan fingerprint density at radius 3 is 1.36 bits per heavy atom. The molecule has 0 aliphatic heterocycles. The zero-order valence-electron chi connectivity index (χ0n) is 33.5. The molecule has 3 unspecified atom stereocenters. The van der Waals surface area contributed by atoms with Crippen LogP contribution in [0.5, 0.6) is 0 Å². The zero-order chi connectivity index (χ0) is 36.6. The number of unbranched alkanes of at least 4 members (excludes halogenated alkanes) is 27. The molecular weight excluding hydrogens is 618 g/mol. The van der Waals surface area contributed by atoms with Crippen LogP contribution in [0, 0.1) is 0 Å². The van der Waals surface area contributed by atoms with Crippen LogP contribution in [0.25, 0.3) is 0 Å². The molecule has 0 aromatic carbocycles. The summed E-state index contributed by atoms with van der Waals surface area (Å²) < 4.78 is 0. The molecule has 5 heteroatoms. The van der Waals surface area contributed by atoms with Crippen LogP contribution in [0.4, 0.5) is 0 Å². The molecule has 0 heterocycles. The maximum absolute atomic E-state index is 12.5. The molecule has 0 spiro atoms. The van der Waals surface area contributed by atoms with Crippen LogP contribution in [0.15, 0.2) is 24.3 Å². The number of nitrogens with one attached hydrogen (secondary N) is 1. The van der Waals surface area contributed by atoms with E-state index in [0.29, 0.717) is 12.8 Å². The first-order chi connectivity index (χ1) is 24.5. The molecule has 5 nitrogen and oxygen atoms in total. The van der Waals surface area contributed by atoms with Gasteiger partial charge in [-0.1, -0.05) is 212 Å². The summed E-state index contributed by atoms with van der Waals surface area (Å²) in [4.78, 5) is 12.5. The Kier molecular flexibility index (Phi) is 39.6. The summed E-state index contributed by atoms with van der Waals surface area (Å²) in [5, 5.41) is 33.4. The summed E-state index contributed by atoms with van der Waals surface area (Å²) in [5.41, 5.74) is 0. The van der Waals surface area contributed by atoms with Gasteiger partial charge < -0.3 is 20.6 Å². The van der Waals surface area contributed by atoms with Crippen LogP contribution in [-0.4, -0.2) is 46.1 Å². The highest BCUT2D eigenvalue weighted by atomic mass is 16.3. The minimum atomic E-state index is -0.747. The summed E-state index contributed by atoms with van der Waals surface area (Å²) in [6, 6.07) is -0.656. The quantitative estimate of drug-likeness (QED) is 0.0377. The van der Waals surface area contributed by atoms with Crippen molar-refractivity contribution in [3.63, 3.8) is 0 Å². The molecule has 0 saturated heterocycles. The normalized spacial score (nSPS) is 13.8. The molecule has 0 rings (SSSR count). The maximum Gasteiger partial charge on any atom is 0.222 e. The third-order valence-corrected chi connectivity index (χ3v) is 10.3. The Balaban J connectivity index is 3.59. The van der Waals surface area contributed by atoms with Gasteiger partial charge in [-0.05, 0) is 38.5 Å². The van der Waals surface area contributed by atoms with E-state index >= 15 is 0 Å². The SMILES string of the molecule is CC/C=C\C/C=C\CCCCCCCCCCCCCCC(O)CC(=O)NC(CO)C(O)CCCCCCCCCCCCCCCCCC. The molecule has 0 fully saturated rings. The van der Waals surface area contributed by atoms with E-state index in [1.807, 2.05) is 0 Å². The summed E-state index contributed by atoms with van der Waals surface area (Å²) in [7, 11) is 0. The van der Waals surface area contributed by atoms with E-state index in [2.05, 4.69) is 43.5 Å². The molecule has 3 atom stereocenters. The summed E-state index contributed by atoms with van der Waals surface area (Å²) in [6.07, 6.45) is 48.6. The van der Waals surface area contributed by atoms with Gasteiger partial charge in [-0.2, -0.15) is 0 Å². The van der Waals surface area contributed by atoms with Gasteiger partial charge >= 0.3 is 0 Å². The smallest absolute Gasteiger partial charge is 0.222 e. The molecule has 0 aliphatic rings. The number of aliphatic hydroxyl groups excluding tert-OH is 3. The number of amides is 1. The van der Waals surface area contributed by atoms with Gasteiger partial charge in [-0.25, -0.2) is 0 Å². The van der Waals surface area contributed by atoms with E-state index in [1.165, 1.54) is 161 Å². The summed E-state index contributed by atoms with van der Waals surface area (Å²) in [6.45, 7) is 4.17. The predicted molar refractivity (Wildman–Crippen MR) is 218 cm³/mol. The van der Waals surface area contributed by atoms with Gasteiger partial charge in [0.2, 0.25) is 5.91 Å². The topological polar surface area (TPSA) is 89.8 Å². The molecule has 0 aliphatic carbocycles. The number of hydrogen-bond acceptors (Lipinski definition) is 4. The van der Waals surface area contributed by atoms with Crippen molar-refractivity contribution in [3.05, 3.63) is 24.3 Å². The van der Waals surface area contributed by atoms with Gasteiger partial charge in [0, 0.05) is 0 Å². The van der Waals surface area contributed by atoms with Gasteiger partial charge in [0.15, 0.2) is 0 Å². The molecule has 50 heavy (non-hydrogen) atoms. The third-order valence-electron chi connectivity index (χ3n) is 10.3. The fourth-order valence-electron chi connectivity index (χ4n) is 6.91. The Labute approximate surface area is 312 Å². The highest BCUT2D eigenvalue weighted by Crippen LogP contribution is 2.16. The fraction of sp³-hybridized carbons (Fsp3) is 0.889. The van der Waals surface area contributed by atoms with Gasteiger partial charge in [0.25, 0.3) is 0 Å². The summed E-state index contributed by atoms with van der Waals surface area (Å²) >= 11 is 0. The second-order valence-electron chi connectivity index (χ2n) is 15.3. The molecule has 0 saturated carbocycles. The molecule has 0 bridgehead atoms. The molecule has 1 amide bonds. The molecule has 0 aromatic rings. The summed E-state index contributed by atoms with van der Waals surface area (Å²) in [5.74, 6) is -0.283. The Morgan fingerprint density at radius 1 is 0.520 bits per heavy atom. The number of allylic oxidation sites excluding steroid dienone is 4. The van der Waals surface area contributed by atoms with E-state index in [9.17, 15) is 20.1 Å². The monoisotopic (exact) mass is 706 g/mol. The first-order valence-electron chi connectivity index (χ1n) is 22.1. The van der Waals surface area contributed by atoms with Crippen molar-refractivity contribution in [1.29, 1.82) is 0 Å². The minimum Gasteiger partial charge on any atom is -0.394 e. The zero-order valence-corrected chi connectivity index (χ0v) is 33.5. The standard InChI is InChI=1S/C45H87NO4/c1-3-5-7-9-11-13-15-17-19-21-22-23-24-26-28-30-32-34-36-38-42(48)40-45(50)46-43(41-47)44(49)39-37-35-33-31-29-27-25-20-18-16-14-12-10-8-6-4-2/h5,7,11,13,42-44,47-49H,3-4,6,8-10,12,14-41H2,1-2H3,(H,46,50)/b7-5-,13-11-. The Hall–Kier alpha value is -1.17. The largest absolute Gasteiger partial charge is 0.394 e. The first kappa shape index (κ1) is 48.8. The number of carbonyl (C=O) groups is 1. The van der Waals surface area contributed by atoms with Crippen LogP contribution >= 0.6 is 0 Å².